The molecule has 0 radical (unpaired) electrons. The summed E-state index contributed by atoms with van der Waals surface area (Å²) >= 11 is 0. The first-order valence-electron chi connectivity index (χ1n) is 8.95. The molecule has 1 aromatic carbocycles. The number of hydrogen-bond donors (Lipinski definition) is 0. The largest absolute Gasteiger partial charge is 0.378 e. The van der Waals surface area contributed by atoms with Gasteiger partial charge in [0.05, 0.1) is 26.4 Å². The third-order valence-corrected chi connectivity index (χ3v) is 4.67. The zero-order valence-electron chi connectivity index (χ0n) is 14.4. The summed E-state index contributed by atoms with van der Waals surface area (Å²) in [5, 5.41) is 0. The first-order chi connectivity index (χ1) is 12.4. The van der Waals surface area contributed by atoms with Gasteiger partial charge in [-0.15, -0.1) is 0 Å². The molecule has 0 amide bonds. The monoisotopic (exact) mass is 340 g/mol. The van der Waals surface area contributed by atoms with Gasteiger partial charge in [0.2, 0.25) is 5.95 Å². The SMILES string of the molecule is c1ccc(Cc2cnc(N3CCOCC3)nc2N2CCOCC2)cc1. The highest BCUT2D eigenvalue weighted by Crippen LogP contribution is 2.24. The van der Waals surface area contributed by atoms with E-state index in [1.165, 1.54) is 11.1 Å². The van der Waals surface area contributed by atoms with Crippen molar-refractivity contribution in [3.63, 3.8) is 0 Å². The van der Waals surface area contributed by atoms with Crippen LogP contribution in [0.2, 0.25) is 0 Å². The Morgan fingerprint density at radius 3 is 2.16 bits per heavy atom. The van der Waals surface area contributed by atoms with Gasteiger partial charge in [0.15, 0.2) is 0 Å². The second-order valence-corrected chi connectivity index (χ2v) is 6.38. The van der Waals surface area contributed by atoms with Crippen LogP contribution in [0.25, 0.3) is 0 Å². The van der Waals surface area contributed by atoms with Crippen LogP contribution in [0.3, 0.4) is 0 Å². The van der Waals surface area contributed by atoms with Gasteiger partial charge in [-0.1, -0.05) is 30.3 Å². The van der Waals surface area contributed by atoms with Gasteiger partial charge in [-0.3, -0.25) is 0 Å². The summed E-state index contributed by atoms with van der Waals surface area (Å²) in [4.78, 5) is 14.1. The zero-order chi connectivity index (χ0) is 16.9. The second-order valence-electron chi connectivity index (χ2n) is 6.38. The summed E-state index contributed by atoms with van der Waals surface area (Å²) in [6, 6.07) is 10.5. The van der Waals surface area contributed by atoms with Crippen LogP contribution in [0.4, 0.5) is 11.8 Å². The Bertz CT molecular complexity index is 683. The summed E-state index contributed by atoms with van der Waals surface area (Å²) in [6.07, 6.45) is 2.84. The van der Waals surface area contributed by atoms with Crippen molar-refractivity contribution >= 4 is 11.8 Å². The number of hydrogen-bond acceptors (Lipinski definition) is 6. The molecule has 4 rings (SSSR count). The molecule has 0 saturated carbocycles. The number of anilines is 2. The molecule has 1 aromatic heterocycles. The van der Waals surface area contributed by atoms with E-state index in [4.69, 9.17) is 14.5 Å². The van der Waals surface area contributed by atoms with Gasteiger partial charge in [-0.25, -0.2) is 4.98 Å². The van der Waals surface area contributed by atoms with Gasteiger partial charge < -0.3 is 19.3 Å². The third-order valence-electron chi connectivity index (χ3n) is 4.67. The Hall–Kier alpha value is -2.18. The second kappa shape index (κ2) is 7.80. The molecule has 2 aliphatic heterocycles. The Morgan fingerprint density at radius 1 is 0.840 bits per heavy atom. The van der Waals surface area contributed by atoms with E-state index in [-0.39, 0.29) is 0 Å². The van der Waals surface area contributed by atoms with Crippen molar-refractivity contribution < 1.29 is 9.47 Å². The minimum atomic E-state index is 0.738. The lowest BCUT2D eigenvalue weighted by Crippen LogP contribution is -2.40. The first kappa shape index (κ1) is 16.3. The first-order valence-corrected chi connectivity index (χ1v) is 8.95. The van der Waals surface area contributed by atoms with Crippen molar-refractivity contribution in [3.8, 4) is 0 Å². The maximum absolute atomic E-state index is 5.51. The van der Waals surface area contributed by atoms with Crippen molar-refractivity contribution in [2.45, 2.75) is 6.42 Å². The van der Waals surface area contributed by atoms with Crippen molar-refractivity contribution in [1.29, 1.82) is 0 Å². The standard InChI is InChI=1S/C19H24N4O2/c1-2-4-16(5-3-1)14-17-15-20-19(23-8-12-25-13-9-23)21-18(17)22-6-10-24-11-7-22/h1-5,15H,6-14H2. The number of benzene rings is 1. The summed E-state index contributed by atoms with van der Waals surface area (Å²) in [7, 11) is 0. The van der Waals surface area contributed by atoms with Crippen molar-refractivity contribution in [2.75, 3.05) is 62.4 Å². The minimum absolute atomic E-state index is 0.738. The highest BCUT2D eigenvalue weighted by atomic mass is 16.5. The van der Waals surface area contributed by atoms with Gasteiger partial charge in [-0.2, -0.15) is 4.98 Å². The average molecular weight is 340 g/mol. The predicted molar refractivity (Wildman–Crippen MR) is 97.3 cm³/mol. The van der Waals surface area contributed by atoms with E-state index in [0.29, 0.717) is 0 Å². The molecule has 0 spiro atoms. The lowest BCUT2D eigenvalue weighted by molar-refractivity contribution is 0.121. The molecule has 2 aromatic rings. The Labute approximate surface area is 148 Å². The highest BCUT2D eigenvalue weighted by Gasteiger charge is 2.21. The third kappa shape index (κ3) is 3.91. The average Bonchev–Trinajstić information content (AvgIpc) is 2.70. The van der Waals surface area contributed by atoms with Crippen LogP contribution in [0.5, 0.6) is 0 Å². The number of rotatable bonds is 4. The normalized spacial score (nSPS) is 18.4. The molecular weight excluding hydrogens is 316 g/mol. The zero-order valence-corrected chi connectivity index (χ0v) is 14.4. The topological polar surface area (TPSA) is 50.7 Å². The van der Waals surface area contributed by atoms with Gasteiger partial charge in [0.1, 0.15) is 5.82 Å². The van der Waals surface area contributed by atoms with Crippen LogP contribution < -0.4 is 9.80 Å². The van der Waals surface area contributed by atoms with Crippen molar-refractivity contribution in [2.24, 2.45) is 0 Å². The van der Waals surface area contributed by atoms with E-state index in [1.54, 1.807) is 0 Å². The van der Waals surface area contributed by atoms with E-state index in [1.807, 2.05) is 12.3 Å². The summed E-state index contributed by atoms with van der Waals surface area (Å²) in [6.45, 7) is 6.43. The maximum atomic E-state index is 5.51. The lowest BCUT2D eigenvalue weighted by atomic mass is 10.1. The Morgan fingerprint density at radius 2 is 1.48 bits per heavy atom. The van der Waals surface area contributed by atoms with Crippen LogP contribution in [-0.2, 0) is 15.9 Å². The van der Waals surface area contributed by atoms with Crippen LogP contribution in [0, 0.1) is 0 Å². The van der Waals surface area contributed by atoms with E-state index in [2.05, 4.69) is 39.0 Å². The smallest absolute Gasteiger partial charge is 0.227 e. The van der Waals surface area contributed by atoms with E-state index in [0.717, 1.165) is 70.8 Å². The fourth-order valence-corrected chi connectivity index (χ4v) is 3.29. The number of ether oxygens (including phenoxy) is 2. The Kier molecular flexibility index (Phi) is 5.09. The van der Waals surface area contributed by atoms with Crippen molar-refractivity contribution in [3.05, 3.63) is 47.7 Å². The van der Waals surface area contributed by atoms with Gasteiger partial charge in [-0.05, 0) is 5.56 Å². The molecule has 6 heteroatoms. The van der Waals surface area contributed by atoms with Gasteiger partial charge >= 0.3 is 0 Å². The van der Waals surface area contributed by atoms with Gasteiger partial charge in [0, 0.05) is 44.4 Å². The fraction of sp³-hybridized carbons (Fsp3) is 0.474. The molecule has 132 valence electrons. The summed E-state index contributed by atoms with van der Waals surface area (Å²) < 4.78 is 11.0. The molecule has 0 aliphatic carbocycles. The number of nitrogens with zero attached hydrogens (tertiary/aromatic N) is 4. The Balaban J connectivity index is 1.64. The minimum Gasteiger partial charge on any atom is -0.378 e. The molecule has 0 unspecified atom stereocenters. The number of morpholine rings is 2. The van der Waals surface area contributed by atoms with E-state index >= 15 is 0 Å². The lowest BCUT2D eigenvalue weighted by Gasteiger charge is -2.32. The molecule has 3 heterocycles. The molecule has 25 heavy (non-hydrogen) atoms. The summed E-state index contributed by atoms with van der Waals surface area (Å²) in [5.74, 6) is 1.85. The van der Waals surface area contributed by atoms with Crippen LogP contribution >= 0.6 is 0 Å². The van der Waals surface area contributed by atoms with E-state index in [9.17, 15) is 0 Å². The molecule has 2 aliphatic rings. The van der Waals surface area contributed by atoms with Crippen LogP contribution in [-0.4, -0.2) is 62.6 Å². The maximum Gasteiger partial charge on any atom is 0.227 e. The van der Waals surface area contributed by atoms with Gasteiger partial charge in [0.25, 0.3) is 0 Å². The van der Waals surface area contributed by atoms with Crippen LogP contribution in [0.1, 0.15) is 11.1 Å². The van der Waals surface area contributed by atoms with Crippen molar-refractivity contribution in [1.82, 2.24) is 9.97 Å². The molecule has 2 fully saturated rings. The fourth-order valence-electron chi connectivity index (χ4n) is 3.29. The predicted octanol–water partition coefficient (Wildman–Crippen LogP) is 1.74. The number of aromatic nitrogens is 2. The summed E-state index contributed by atoms with van der Waals surface area (Å²) in [5.41, 5.74) is 2.45. The molecule has 0 atom stereocenters. The highest BCUT2D eigenvalue weighted by molar-refractivity contribution is 5.52. The molecule has 0 N–H and O–H groups in total. The molecule has 6 nitrogen and oxygen atoms in total. The molecular formula is C19H24N4O2. The molecule has 0 bridgehead atoms. The molecule has 2 saturated heterocycles. The van der Waals surface area contributed by atoms with Crippen LogP contribution in [0.15, 0.2) is 36.5 Å². The van der Waals surface area contributed by atoms with E-state index < -0.39 is 0 Å². The quantitative estimate of drug-likeness (QED) is 0.845.